The van der Waals surface area contributed by atoms with Crippen molar-refractivity contribution < 1.29 is 37.9 Å². The van der Waals surface area contributed by atoms with E-state index in [1.165, 1.54) is 57.8 Å². The Morgan fingerprint density at radius 2 is 1.22 bits per heavy atom. The van der Waals surface area contributed by atoms with Crippen LogP contribution in [0.4, 0.5) is 0 Å². The number of aliphatic hydroxyl groups excluding tert-OH is 1. The zero-order chi connectivity index (χ0) is 27.6. The van der Waals surface area contributed by atoms with Crippen LogP contribution >= 0.6 is 7.82 Å². The van der Waals surface area contributed by atoms with Crippen LogP contribution < -0.4 is 5.32 Å². The maximum atomic E-state index is 11.9. The number of phosphoric ester groups is 1. The maximum absolute atomic E-state index is 11.9. The van der Waals surface area contributed by atoms with Gasteiger partial charge in [0.1, 0.15) is 12.7 Å². The highest BCUT2D eigenvalue weighted by Crippen LogP contribution is 2.42. The highest BCUT2D eigenvalue weighted by Gasteiger charge is 2.23. The van der Waals surface area contributed by atoms with E-state index in [1.807, 2.05) is 0 Å². The van der Waals surface area contributed by atoms with Crippen LogP contribution in [0.3, 0.4) is 0 Å². The number of unbranched alkanes of at least 4 members (excludes halogenated alkanes) is 14. The van der Waals surface area contributed by atoms with Crippen LogP contribution in [0.2, 0.25) is 0 Å². The number of hydrogen-bond acceptors (Lipinski definition) is 7. The molecular formula is C27H54NO8P. The lowest BCUT2D eigenvalue weighted by Gasteiger charge is -2.15. The second-order valence-electron chi connectivity index (χ2n) is 9.73. The lowest BCUT2D eigenvalue weighted by atomic mass is 10.0. The van der Waals surface area contributed by atoms with Crippen molar-refractivity contribution in [3.8, 4) is 0 Å². The summed E-state index contributed by atoms with van der Waals surface area (Å²) < 4.78 is 26.3. The summed E-state index contributed by atoms with van der Waals surface area (Å²) in [6.45, 7) is 3.38. The zero-order valence-corrected chi connectivity index (χ0v) is 24.3. The molecule has 0 saturated carbocycles. The van der Waals surface area contributed by atoms with Gasteiger partial charge in [-0.1, -0.05) is 104 Å². The van der Waals surface area contributed by atoms with Crippen LogP contribution in [0.5, 0.6) is 0 Å². The van der Waals surface area contributed by atoms with Gasteiger partial charge in [-0.3, -0.25) is 18.6 Å². The zero-order valence-electron chi connectivity index (χ0n) is 23.4. The van der Waals surface area contributed by atoms with Crippen molar-refractivity contribution in [3.05, 3.63) is 0 Å². The molecule has 0 spiro atoms. The Labute approximate surface area is 225 Å². The van der Waals surface area contributed by atoms with Crippen LogP contribution in [0.25, 0.3) is 0 Å². The standard InChI is InChI=1S/C27H54NO8P/c1-3-5-7-9-10-11-12-13-14-15-16-17-19-26(30)28-21-22-35-37(32,33)36-24-25(29)23-34-27(31)20-18-8-6-4-2/h25,29H,3-24H2,1-2H3,(H,28,30)(H,32,33). The quantitative estimate of drug-likeness (QED) is 0.0624. The molecule has 0 aliphatic carbocycles. The molecule has 2 atom stereocenters. The summed E-state index contributed by atoms with van der Waals surface area (Å²) in [6.07, 6.45) is 18.1. The summed E-state index contributed by atoms with van der Waals surface area (Å²) in [6, 6.07) is 0. The Morgan fingerprint density at radius 1 is 0.730 bits per heavy atom. The average Bonchev–Trinajstić information content (AvgIpc) is 2.87. The Hall–Kier alpha value is -0.990. The molecule has 0 saturated heterocycles. The van der Waals surface area contributed by atoms with Crippen molar-refractivity contribution in [1.82, 2.24) is 5.32 Å². The minimum atomic E-state index is -4.38. The second-order valence-corrected chi connectivity index (χ2v) is 11.2. The first-order chi connectivity index (χ1) is 17.8. The van der Waals surface area contributed by atoms with E-state index in [4.69, 9.17) is 13.8 Å². The number of carbonyl (C=O) groups is 2. The number of phosphoric acid groups is 1. The van der Waals surface area contributed by atoms with Crippen LogP contribution in [-0.2, 0) is 27.9 Å². The fourth-order valence-electron chi connectivity index (χ4n) is 3.79. The van der Waals surface area contributed by atoms with Crippen LogP contribution in [0, 0.1) is 0 Å². The first-order valence-electron chi connectivity index (χ1n) is 14.5. The molecule has 37 heavy (non-hydrogen) atoms. The highest BCUT2D eigenvalue weighted by molar-refractivity contribution is 7.47. The van der Waals surface area contributed by atoms with E-state index < -0.39 is 26.5 Å². The molecule has 0 rings (SSSR count). The Morgan fingerprint density at radius 3 is 1.78 bits per heavy atom. The van der Waals surface area contributed by atoms with Crippen molar-refractivity contribution in [2.75, 3.05) is 26.4 Å². The summed E-state index contributed by atoms with van der Waals surface area (Å²) in [7, 11) is -4.38. The molecule has 0 aromatic carbocycles. The monoisotopic (exact) mass is 551 g/mol. The molecule has 220 valence electrons. The number of rotatable bonds is 27. The Bertz CT molecular complexity index is 605. The summed E-state index contributed by atoms with van der Waals surface area (Å²) >= 11 is 0. The Balaban J connectivity index is 3.63. The van der Waals surface area contributed by atoms with Crippen LogP contribution in [0.15, 0.2) is 0 Å². The SMILES string of the molecule is CCCCCCCCCCCCCCC(=O)NCCOP(=O)(O)OCC(O)COC(=O)CCCCCC. The second kappa shape index (κ2) is 25.3. The van der Waals surface area contributed by atoms with Gasteiger partial charge in [-0.25, -0.2) is 4.57 Å². The summed E-state index contributed by atoms with van der Waals surface area (Å²) in [5.74, 6) is -0.533. The molecule has 0 aliphatic heterocycles. The molecule has 0 aromatic heterocycles. The van der Waals surface area contributed by atoms with Gasteiger partial charge in [0, 0.05) is 19.4 Å². The van der Waals surface area contributed by atoms with Crippen molar-refractivity contribution in [2.24, 2.45) is 0 Å². The van der Waals surface area contributed by atoms with Gasteiger partial charge < -0.3 is 20.1 Å². The molecule has 9 nitrogen and oxygen atoms in total. The predicted octanol–water partition coefficient (Wildman–Crippen LogP) is 6.20. The normalized spacial score (nSPS) is 13.7. The van der Waals surface area contributed by atoms with Crippen molar-refractivity contribution >= 4 is 19.7 Å². The molecule has 0 aliphatic rings. The number of esters is 1. The van der Waals surface area contributed by atoms with E-state index in [1.54, 1.807) is 0 Å². The fourth-order valence-corrected chi connectivity index (χ4v) is 4.55. The first-order valence-corrected chi connectivity index (χ1v) is 16.0. The molecule has 10 heteroatoms. The van der Waals surface area contributed by atoms with E-state index in [2.05, 4.69) is 19.2 Å². The van der Waals surface area contributed by atoms with E-state index in [9.17, 15) is 24.2 Å². The number of carbonyl (C=O) groups excluding carboxylic acids is 2. The number of ether oxygens (including phenoxy) is 1. The molecule has 1 amide bonds. The topological polar surface area (TPSA) is 131 Å². The molecule has 0 heterocycles. The number of nitrogens with one attached hydrogen (secondary N) is 1. The van der Waals surface area contributed by atoms with Crippen LogP contribution in [0.1, 0.15) is 129 Å². The molecule has 2 unspecified atom stereocenters. The molecule has 0 radical (unpaired) electrons. The van der Waals surface area contributed by atoms with Crippen molar-refractivity contribution in [3.63, 3.8) is 0 Å². The molecule has 0 aromatic rings. The van der Waals surface area contributed by atoms with Gasteiger partial charge in [0.25, 0.3) is 0 Å². The van der Waals surface area contributed by atoms with Crippen molar-refractivity contribution in [2.45, 2.75) is 136 Å². The lowest BCUT2D eigenvalue weighted by molar-refractivity contribution is -0.147. The van der Waals surface area contributed by atoms with Gasteiger partial charge in [0.05, 0.1) is 13.2 Å². The summed E-state index contributed by atoms with van der Waals surface area (Å²) in [5.41, 5.74) is 0. The summed E-state index contributed by atoms with van der Waals surface area (Å²) in [5, 5.41) is 12.4. The van der Waals surface area contributed by atoms with Gasteiger partial charge in [0.15, 0.2) is 0 Å². The van der Waals surface area contributed by atoms with Crippen molar-refractivity contribution in [1.29, 1.82) is 0 Å². The average molecular weight is 552 g/mol. The minimum absolute atomic E-state index is 0.0865. The molecular weight excluding hydrogens is 497 g/mol. The fraction of sp³-hybridized carbons (Fsp3) is 0.926. The van der Waals surface area contributed by atoms with Gasteiger partial charge in [-0.05, 0) is 12.8 Å². The molecule has 0 fully saturated rings. The maximum Gasteiger partial charge on any atom is 0.472 e. The third kappa shape index (κ3) is 26.4. The largest absolute Gasteiger partial charge is 0.472 e. The van der Waals surface area contributed by atoms with E-state index >= 15 is 0 Å². The van der Waals surface area contributed by atoms with Gasteiger partial charge in [-0.2, -0.15) is 0 Å². The molecule has 3 N–H and O–H groups in total. The molecule has 0 bridgehead atoms. The third-order valence-corrected chi connectivity index (χ3v) is 7.02. The third-order valence-electron chi connectivity index (χ3n) is 6.04. The van der Waals surface area contributed by atoms with Gasteiger partial charge in [-0.15, -0.1) is 0 Å². The van der Waals surface area contributed by atoms with E-state index in [0.29, 0.717) is 6.42 Å². The Kier molecular flexibility index (Phi) is 24.6. The minimum Gasteiger partial charge on any atom is -0.463 e. The number of hydrogen-bond donors (Lipinski definition) is 3. The van der Waals surface area contributed by atoms with E-state index in [0.717, 1.165) is 44.9 Å². The smallest absolute Gasteiger partial charge is 0.463 e. The number of aliphatic hydroxyl groups is 1. The van der Waals surface area contributed by atoms with E-state index in [-0.39, 0.29) is 32.1 Å². The number of amides is 1. The van der Waals surface area contributed by atoms with Gasteiger partial charge in [0.2, 0.25) is 5.91 Å². The first kappa shape index (κ1) is 36.0. The highest BCUT2D eigenvalue weighted by atomic mass is 31.2. The van der Waals surface area contributed by atoms with Gasteiger partial charge >= 0.3 is 13.8 Å². The summed E-state index contributed by atoms with van der Waals surface area (Å²) in [4.78, 5) is 33.1. The lowest BCUT2D eigenvalue weighted by Crippen LogP contribution is -2.27. The van der Waals surface area contributed by atoms with Crippen LogP contribution in [-0.4, -0.2) is 54.3 Å². The predicted molar refractivity (Wildman–Crippen MR) is 146 cm³/mol.